The van der Waals surface area contributed by atoms with Crippen molar-refractivity contribution in [3.63, 3.8) is 0 Å². The molecule has 0 fully saturated rings. The normalized spacial score (nSPS) is 10.0. The second kappa shape index (κ2) is 6.09. The Morgan fingerprint density at radius 1 is 0.905 bits per heavy atom. The molecule has 2 aromatic carbocycles. The van der Waals surface area contributed by atoms with E-state index in [0.717, 1.165) is 0 Å². The van der Waals surface area contributed by atoms with Crippen molar-refractivity contribution in [3.8, 4) is 28.4 Å². The minimum atomic E-state index is -0.191. The SMILES string of the molecule is COc1cccc(C=O)c1-c1c(OC)ccc(O)c1C=O. The molecule has 5 nitrogen and oxygen atoms in total. The van der Waals surface area contributed by atoms with Crippen molar-refractivity contribution in [1.29, 1.82) is 0 Å². The van der Waals surface area contributed by atoms with Crippen LogP contribution in [0.5, 0.6) is 17.2 Å². The van der Waals surface area contributed by atoms with Crippen LogP contribution in [0.1, 0.15) is 20.7 Å². The van der Waals surface area contributed by atoms with Gasteiger partial charge in [0.15, 0.2) is 12.6 Å². The summed E-state index contributed by atoms with van der Waals surface area (Å²) in [5.74, 6) is 0.581. The fourth-order valence-electron chi connectivity index (χ4n) is 2.22. The lowest BCUT2D eigenvalue weighted by Crippen LogP contribution is -1.99. The first kappa shape index (κ1) is 14.6. The first-order valence-corrected chi connectivity index (χ1v) is 6.15. The number of phenolic OH excluding ortho intramolecular Hbond substituents is 1. The van der Waals surface area contributed by atoms with Crippen LogP contribution in [0.25, 0.3) is 11.1 Å². The average Bonchev–Trinajstić information content (AvgIpc) is 2.53. The summed E-state index contributed by atoms with van der Waals surface area (Å²) in [6.45, 7) is 0. The Morgan fingerprint density at radius 3 is 2.14 bits per heavy atom. The van der Waals surface area contributed by atoms with Gasteiger partial charge in [-0.2, -0.15) is 0 Å². The molecule has 5 heteroatoms. The van der Waals surface area contributed by atoms with Gasteiger partial charge >= 0.3 is 0 Å². The molecule has 0 atom stereocenters. The second-order valence-electron chi connectivity index (χ2n) is 4.24. The van der Waals surface area contributed by atoms with E-state index in [1.165, 1.54) is 26.4 Å². The van der Waals surface area contributed by atoms with Crippen LogP contribution in [-0.4, -0.2) is 31.9 Å². The predicted octanol–water partition coefficient (Wildman–Crippen LogP) is 2.70. The Labute approximate surface area is 121 Å². The summed E-state index contributed by atoms with van der Waals surface area (Å²) in [5.41, 5.74) is 1.11. The third-order valence-corrected chi connectivity index (χ3v) is 3.18. The minimum Gasteiger partial charge on any atom is -0.507 e. The van der Waals surface area contributed by atoms with Crippen molar-refractivity contribution in [3.05, 3.63) is 41.5 Å². The summed E-state index contributed by atoms with van der Waals surface area (Å²) in [7, 11) is 2.91. The molecule has 0 bridgehead atoms. The van der Waals surface area contributed by atoms with E-state index >= 15 is 0 Å². The van der Waals surface area contributed by atoms with Gasteiger partial charge in [0.05, 0.1) is 19.8 Å². The highest BCUT2D eigenvalue weighted by atomic mass is 16.5. The van der Waals surface area contributed by atoms with Gasteiger partial charge in [-0.15, -0.1) is 0 Å². The maximum Gasteiger partial charge on any atom is 0.154 e. The molecule has 2 aromatic rings. The molecule has 21 heavy (non-hydrogen) atoms. The molecule has 0 spiro atoms. The number of hydrogen-bond donors (Lipinski definition) is 1. The number of phenols is 1. The van der Waals surface area contributed by atoms with Gasteiger partial charge < -0.3 is 14.6 Å². The van der Waals surface area contributed by atoms with Crippen molar-refractivity contribution in [1.82, 2.24) is 0 Å². The third kappa shape index (κ3) is 2.45. The van der Waals surface area contributed by atoms with Crippen molar-refractivity contribution in [2.24, 2.45) is 0 Å². The summed E-state index contributed by atoms with van der Waals surface area (Å²) in [5, 5.41) is 9.88. The summed E-state index contributed by atoms with van der Waals surface area (Å²) < 4.78 is 10.5. The van der Waals surface area contributed by atoms with E-state index in [4.69, 9.17) is 9.47 Å². The highest BCUT2D eigenvalue weighted by molar-refractivity contribution is 6.00. The van der Waals surface area contributed by atoms with E-state index in [2.05, 4.69) is 0 Å². The number of aldehydes is 2. The van der Waals surface area contributed by atoms with Crippen molar-refractivity contribution in [2.75, 3.05) is 14.2 Å². The van der Waals surface area contributed by atoms with Crippen LogP contribution >= 0.6 is 0 Å². The zero-order valence-corrected chi connectivity index (χ0v) is 11.6. The Hall–Kier alpha value is -2.82. The maximum atomic E-state index is 11.3. The summed E-state index contributed by atoms with van der Waals surface area (Å²) in [6, 6.07) is 7.83. The van der Waals surface area contributed by atoms with E-state index in [-0.39, 0.29) is 11.3 Å². The molecule has 0 radical (unpaired) electrons. The molecule has 108 valence electrons. The van der Waals surface area contributed by atoms with Gasteiger partial charge in [0, 0.05) is 16.7 Å². The van der Waals surface area contributed by atoms with Crippen molar-refractivity contribution in [2.45, 2.75) is 0 Å². The van der Waals surface area contributed by atoms with Gasteiger partial charge in [-0.3, -0.25) is 9.59 Å². The number of hydrogen-bond acceptors (Lipinski definition) is 5. The monoisotopic (exact) mass is 286 g/mol. The zero-order chi connectivity index (χ0) is 15.4. The fourth-order valence-corrected chi connectivity index (χ4v) is 2.22. The smallest absolute Gasteiger partial charge is 0.154 e. The third-order valence-electron chi connectivity index (χ3n) is 3.18. The summed E-state index contributed by atoms with van der Waals surface area (Å²) >= 11 is 0. The molecule has 0 heterocycles. The minimum absolute atomic E-state index is 0.0435. The summed E-state index contributed by atoms with van der Waals surface area (Å²) in [4.78, 5) is 22.6. The van der Waals surface area contributed by atoms with Crippen molar-refractivity contribution >= 4 is 12.6 Å². The number of benzene rings is 2. The molecule has 0 aliphatic heterocycles. The van der Waals surface area contributed by atoms with Crippen LogP contribution in [0.4, 0.5) is 0 Å². The molecule has 0 aliphatic carbocycles. The largest absolute Gasteiger partial charge is 0.507 e. The number of rotatable bonds is 5. The average molecular weight is 286 g/mol. The van der Waals surface area contributed by atoms with E-state index in [1.807, 2.05) is 0 Å². The van der Waals surface area contributed by atoms with Gasteiger partial charge in [0.25, 0.3) is 0 Å². The van der Waals surface area contributed by atoms with Crippen LogP contribution in [0.3, 0.4) is 0 Å². The Kier molecular flexibility index (Phi) is 4.23. The molecule has 0 saturated heterocycles. The van der Waals surface area contributed by atoms with Crippen LogP contribution in [0.2, 0.25) is 0 Å². The first-order valence-electron chi connectivity index (χ1n) is 6.15. The first-order chi connectivity index (χ1) is 10.2. The van der Waals surface area contributed by atoms with Crippen LogP contribution in [0.15, 0.2) is 30.3 Å². The Bertz CT molecular complexity index is 691. The van der Waals surface area contributed by atoms with Gasteiger partial charge in [0.1, 0.15) is 17.2 Å². The fraction of sp³-hybridized carbons (Fsp3) is 0.125. The molecule has 0 unspecified atom stereocenters. The van der Waals surface area contributed by atoms with Crippen LogP contribution in [0, 0.1) is 0 Å². The zero-order valence-electron chi connectivity index (χ0n) is 11.6. The van der Waals surface area contributed by atoms with E-state index in [9.17, 15) is 14.7 Å². The maximum absolute atomic E-state index is 11.3. The van der Waals surface area contributed by atoms with E-state index in [1.54, 1.807) is 18.2 Å². The number of aromatic hydroxyl groups is 1. The number of ether oxygens (including phenoxy) is 2. The topological polar surface area (TPSA) is 72.8 Å². The quantitative estimate of drug-likeness (QED) is 0.855. The molecule has 0 aromatic heterocycles. The standard InChI is InChI=1S/C16H14O5/c1-20-13-5-3-4-10(8-17)15(13)16-11(9-18)12(19)6-7-14(16)21-2/h3-9,19H,1-2H3. The molecule has 2 rings (SSSR count). The summed E-state index contributed by atoms with van der Waals surface area (Å²) in [6.07, 6.45) is 1.18. The predicted molar refractivity (Wildman–Crippen MR) is 77.4 cm³/mol. The molecular weight excluding hydrogens is 272 g/mol. The molecule has 1 N–H and O–H groups in total. The Balaban J connectivity index is 2.92. The lowest BCUT2D eigenvalue weighted by atomic mass is 9.93. The Morgan fingerprint density at radius 2 is 1.57 bits per heavy atom. The van der Waals surface area contributed by atoms with E-state index in [0.29, 0.717) is 40.8 Å². The number of carbonyl (C=O) groups is 2. The van der Waals surface area contributed by atoms with E-state index < -0.39 is 0 Å². The number of methoxy groups -OCH3 is 2. The molecule has 0 aliphatic rings. The van der Waals surface area contributed by atoms with Crippen molar-refractivity contribution < 1.29 is 24.2 Å². The highest BCUT2D eigenvalue weighted by Gasteiger charge is 2.21. The molecule has 0 saturated carbocycles. The van der Waals surface area contributed by atoms with Gasteiger partial charge in [-0.25, -0.2) is 0 Å². The lowest BCUT2D eigenvalue weighted by Gasteiger charge is -2.16. The highest BCUT2D eigenvalue weighted by Crippen LogP contribution is 2.42. The van der Waals surface area contributed by atoms with Crippen LogP contribution < -0.4 is 9.47 Å². The van der Waals surface area contributed by atoms with Gasteiger partial charge in [0.2, 0.25) is 0 Å². The second-order valence-corrected chi connectivity index (χ2v) is 4.24. The van der Waals surface area contributed by atoms with Crippen LogP contribution in [-0.2, 0) is 0 Å². The van der Waals surface area contributed by atoms with Gasteiger partial charge in [-0.05, 0) is 18.2 Å². The molecular formula is C16H14O5. The molecule has 0 amide bonds. The lowest BCUT2D eigenvalue weighted by molar-refractivity contribution is 0.111. The number of carbonyl (C=O) groups excluding carboxylic acids is 2. The van der Waals surface area contributed by atoms with Gasteiger partial charge in [-0.1, -0.05) is 12.1 Å².